The van der Waals surface area contributed by atoms with E-state index in [1.807, 2.05) is 30.3 Å². The Morgan fingerprint density at radius 2 is 1.87 bits per heavy atom. The standard InChI is InChI=1S/C17H18F2N2O2/c18-15-6-7-16(19)14(10-15)11-20-17(23)21(8-9-22)12-13-4-2-1-3-5-13/h1-7,10,22H,8-9,11-12H2,(H,20,23). The van der Waals surface area contributed by atoms with E-state index in [9.17, 15) is 13.6 Å². The molecule has 0 fully saturated rings. The second-order valence-electron chi connectivity index (χ2n) is 5.03. The molecule has 2 N–H and O–H groups in total. The van der Waals surface area contributed by atoms with Crippen LogP contribution in [0.5, 0.6) is 0 Å². The molecule has 0 saturated heterocycles. The fourth-order valence-electron chi connectivity index (χ4n) is 2.14. The second kappa shape index (κ2) is 8.24. The minimum atomic E-state index is -0.580. The Bertz CT molecular complexity index is 650. The zero-order valence-corrected chi connectivity index (χ0v) is 12.5. The van der Waals surface area contributed by atoms with Gasteiger partial charge in [-0.2, -0.15) is 0 Å². The fraction of sp³-hybridized carbons (Fsp3) is 0.235. The van der Waals surface area contributed by atoms with Crippen molar-refractivity contribution in [2.75, 3.05) is 13.2 Å². The molecule has 0 bridgehead atoms. The van der Waals surface area contributed by atoms with Crippen LogP contribution in [0.2, 0.25) is 0 Å². The van der Waals surface area contributed by atoms with Crippen molar-refractivity contribution in [2.24, 2.45) is 0 Å². The van der Waals surface area contributed by atoms with Crippen molar-refractivity contribution in [2.45, 2.75) is 13.1 Å². The molecular formula is C17H18F2N2O2. The maximum atomic E-state index is 13.5. The molecule has 0 radical (unpaired) electrons. The van der Waals surface area contributed by atoms with Crippen LogP contribution in [0.4, 0.5) is 13.6 Å². The van der Waals surface area contributed by atoms with Crippen LogP contribution < -0.4 is 5.32 Å². The van der Waals surface area contributed by atoms with Crippen LogP contribution in [-0.2, 0) is 13.1 Å². The summed E-state index contributed by atoms with van der Waals surface area (Å²) in [4.78, 5) is 13.6. The number of carbonyl (C=O) groups is 1. The van der Waals surface area contributed by atoms with E-state index in [1.54, 1.807) is 0 Å². The van der Waals surface area contributed by atoms with Gasteiger partial charge in [0, 0.05) is 25.2 Å². The summed E-state index contributed by atoms with van der Waals surface area (Å²) in [6, 6.07) is 11.9. The largest absolute Gasteiger partial charge is 0.395 e. The Labute approximate surface area is 133 Å². The van der Waals surface area contributed by atoms with Gasteiger partial charge in [-0.25, -0.2) is 13.6 Å². The summed E-state index contributed by atoms with van der Waals surface area (Å²) in [7, 11) is 0. The number of hydrogen-bond acceptors (Lipinski definition) is 2. The van der Waals surface area contributed by atoms with Crippen molar-refractivity contribution in [3.63, 3.8) is 0 Å². The monoisotopic (exact) mass is 320 g/mol. The summed E-state index contributed by atoms with van der Waals surface area (Å²) in [5.41, 5.74) is 0.982. The van der Waals surface area contributed by atoms with E-state index in [2.05, 4.69) is 5.32 Å². The Hall–Kier alpha value is -2.47. The van der Waals surface area contributed by atoms with E-state index in [1.165, 1.54) is 4.90 Å². The van der Waals surface area contributed by atoms with Crippen LogP contribution in [0.1, 0.15) is 11.1 Å². The lowest BCUT2D eigenvalue weighted by molar-refractivity contribution is 0.173. The number of urea groups is 1. The van der Waals surface area contributed by atoms with Gasteiger partial charge in [-0.1, -0.05) is 30.3 Å². The Morgan fingerprint density at radius 1 is 1.13 bits per heavy atom. The summed E-state index contributed by atoms with van der Waals surface area (Å²) in [5.74, 6) is -1.14. The number of hydrogen-bond donors (Lipinski definition) is 2. The molecule has 4 nitrogen and oxygen atoms in total. The highest BCUT2D eigenvalue weighted by molar-refractivity contribution is 5.74. The van der Waals surface area contributed by atoms with Gasteiger partial charge in [0.2, 0.25) is 0 Å². The third kappa shape index (κ3) is 5.03. The van der Waals surface area contributed by atoms with Crippen molar-refractivity contribution >= 4 is 6.03 Å². The van der Waals surface area contributed by atoms with Gasteiger partial charge < -0.3 is 15.3 Å². The number of nitrogens with zero attached hydrogens (tertiary/aromatic N) is 1. The maximum Gasteiger partial charge on any atom is 0.318 e. The zero-order valence-electron chi connectivity index (χ0n) is 12.5. The molecule has 0 aliphatic carbocycles. The third-order valence-electron chi connectivity index (χ3n) is 3.31. The molecule has 2 rings (SSSR count). The lowest BCUT2D eigenvalue weighted by Gasteiger charge is -2.22. The first kappa shape index (κ1) is 16.9. The van der Waals surface area contributed by atoms with Gasteiger partial charge in [0.25, 0.3) is 0 Å². The number of rotatable bonds is 6. The SMILES string of the molecule is O=C(NCc1cc(F)ccc1F)N(CCO)Cc1ccccc1. The van der Waals surface area contributed by atoms with E-state index < -0.39 is 17.7 Å². The molecule has 0 heterocycles. The van der Waals surface area contributed by atoms with Crippen molar-refractivity contribution in [1.82, 2.24) is 10.2 Å². The van der Waals surface area contributed by atoms with E-state index in [4.69, 9.17) is 5.11 Å². The molecule has 0 aliphatic rings. The highest BCUT2D eigenvalue weighted by Crippen LogP contribution is 2.10. The molecule has 0 unspecified atom stereocenters. The Kier molecular flexibility index (Phi) is 6.05. The quantitative estimate of drug-likeness (QED) is 0.860. The summed E-state index contributed by atoms with van der Waals surface area (Å²) in [6.07, 6.45) is 0. The molecule has 0 aliphatic heterocycles. The van der Waals surface area contributed by atoms with Gasteiger partial charge in [0.15, 0.2) is 0 Å². The van der Waals surface area contributed by atoms with Crippen LogP contribution in [-0.4, -0.2) is 29.2 Å². The number of benzene rings is 2. The zero-order chi connectivity index (χ0) is 16.7. The van der Waals surface area contributed by atoms with Gasteiger partial charge in [0.1, 0.15) is 11.6 Å². The maximum absolute atomic E-state index is 13.5. The lowest BCUT2D eigenvalue weighted by atomic mass is 10.2. The molecule has 6 heteroatoms. The normalized spacial score (nSPS) is 10.4. The Morgan fingerprint density at radius 3 is 2.57 bits per heavy atom. The molecular weight excluding hydrogens is 302 g/mol. The van der Waals surface area contributed by atoms with Gasteiger partial charge in [-0.05, 0) is 23.8 Å². The number of nitrogens with one attached hydrogen (secondary N) is 1. The van der Waals surface area contributed by atoms with Gasteiger partial charge >= 0.3 is 6.03 Å². The second-order valence-corrected chi connectivity index (χ2v) is 5.03. The topological polar surface area (TPSA) is 52.6 Å². The van der Waals surface area contributed by atoms with E-state index in [0.717, 1.165) is 23.8 Å². The summed E-state index contributed by atoms with van der Waals surface area (Å²) < 4.78 is 26.7. The number of amides is 2. The minimum absolute atomic E-state index is 0.0713. The number of halogens is 2. The smallest absolute Gasteiger partial charge is 0.318 e. The van der Waals surface area contributed by atoms with E-state index in [0.29, 0.717) is 6.54 Å². The summed E-state index contributed by atoms with van der Waals surface area (Å²) >= 11 is 0. The average Bonchev–Trinajstić information content (AvgIpc) is 2.56. The number of aliphatic hydroxyl groups excluding tert-OH is 1. The molecule has 0 atom stereocenters. The van der Waals surface area contributed by atoms with Crippen molar-refractivity contribution in [1.29, 1.82) is 0 Å². The molecule has 2 aromatic rings. The lowest BCUT2D eigenvalue weighted by Crippen LogP contribution is -2.40. The molecule has 0 saturated carbocycles. The minimum Gasteiger partial charge on any atom is -0.395 e. The highest BCUT2D eigenvalue weighted by atomic mass is 19.1. The van der Waals surface area contributed by atoms with Crippen LogP contribution in [0.15, 0.2) is 48.5 Å². The molecule has 0 spiro atoms. The Balaban J connectivity index is 1.99. The third-order valence-corrected chi connectivity index (χ3v) is 3.31. The van der Waals surface area contributed by atoms with Gasteiger partial charge in [-0.3, -0.25) is 0 Å². The van der Waals surface area contributed by atoms with E-state index >= 15 is 0 Å². The van der Waals surface area contributed by atoms with Crippen molar-refractivity contribution < 1.29 is 18.7 Å². The summed E-state index contributed by atoms with van der Waals surface area (Å²) in [6.45, 7) is 0.152. The van der Waals surface area contributed by atoms with Gasteiger partial charge in [-0.15, -0.1) is 0 Å². The number of carbonyl (C=O) groups excluding carboxylic acids is 1. The first-order valence-electron chi connectivity index (χ1n) is 7.21. The first-order chi connectivity index (χ1) is 11.1. The molecule has 122 valence electrons. The van der Waals surface area contributed by atoms with Crippen LogP contribution in [0, 0.1) is 11.6 Å². The predicted molar refractivity (Wildman–Crippen MR) is 82.5 cm³/mol. The highest BCUT2D eigenvalue weighted by Gasteiger charge is 2.14. The van der Waals surface area contributed by atoms with Crippen molar-refractivity contribution in [3.05, 3.63) is 71.3 Å². The molecule has 2 amide bonds. The number of aliphatic hydroxyl groups is 1. The van der Waals surface area contributed by atoms with Crippen molar-refractivity contribution in [3.8, 4) is 0 Å². The van der Waals surface area contributed by atoms with Crippen LogP contribution in [0.3, 0.4) is 0 Å². The average molecular weight is 320 g/mol. The molecule has 23 heavy (non-hydrogen) atoms. The fourth-order valence-corrected chi connectivity index (χ4v) is 2.14. The van der Waals surface area contributed by atoms with Crippen LogP contribution in [0.25, 0.3) is 0 Å². The first-order valence-corrected chi connectivity index (χ1v) is 7.21. The van der Waals surface area contributed by atoms with E-state index in [-0.39, 0.29) is 25.3 Å². The molecule has 2 aromatic carbocycles. The van der Waals surface area contributed by atoms with Crippen LogP contribution >= 0.6 is 0 Å². The molecule has 0 aromatic heterocycles. The summed E-state index contributed by atoms with van der Waals surface area (Å²) in [5, 5.41) is 11.6. The predicted octanol–water partition coefficient (Wildman–Crippen LogP) is 2.67. The van der Waals surface area contributed by atoms with Gasteiger partial charge in [0.05, 0.1) is 6.61 Å².